The molecule has 0 saturated heterocycles. The summed E-state index contributed by atoms with van der Waals surface area (Å²) in [5, 5.41) is 10.7. The molecule has 5 rings (SSSR count). The fourth-order valence-corrected chi connectivity index (χ4v) is 3.11. The third-order valence-electron chi connectivity index (χ3n) is 4.10. The van der Waals surface area contributed by atoms with Gasteiger partial charge in [0.2, 0.25) is 0 Å². The van der Waals surface area contributed by atoms with Gasteiger partial charge in [-0.2, -0.15) is 5.10 Å². The number of aromatic amines is 1. The first-order chi connectivity index (χ1) is 11.3. The molecule has 0 aliphatic rings. The van der Waals surface area contributed by atoms with Crippen LogP contribution in [-0.4, -0.2) is 20.2 Å². The second-order valence-corrected chi connectivity index (χ2v) is 5.45. The van der Waals surface area contributed by atoms with E-state index >= 15 is 0 Å². The maximum atomic E-state index is 11.5. The van der Waals surface area contributed by atoms with Crippen molar-refractivity contribution in [3.05, 3.63) is 65.0 Å². The highest BCUT2D eigenvalue weighted by Gasteiger charge is 2.12. The van der Waals surface area contributed by atoms with Crippen LogP contribution in [0.2, 0.25) is 0 Å². The number of hydrogen-bond donors (Lipinski definition) is 1. The number of aromatic nitrogens is 4. The molecule has 108 valence electrons. The van der Waals surface area contributed by atoms with Gasteiger partial charge >= 0.3 is 0 Å². The third kappa shape index (κ3) is 1.67. The molecule has 5 nitrogen and oxygen atoms in total. The van der Waals surface area contributed by atoms with Gasteiger partial charge in [-0.25, -0.2) is 15.1 Å². The average Bonchev–Trinajstić information content (AvgIpc) is 2.60. The van der Waals surface area contributed by atoms with Crippen molar-refractivity contribution >= 4 is 43.7 Å². The van der Waals surface area contributed by atoms with Crippen LogP contribution in [0.3, 0.4) is 0 Å². The Hall–Kier alpha value is -3.34. The minimum Gasteiger partial charge on any atom is -0.268 e. The Bertz CT molecular complexity index is 1290. The lowest BCUT2D eigenvalue weighted by molar-refractivity contribution is 1.01. The smallest absolute Gasteiger partial charge is 0.266 e. The summed E-state index contributed by atoms with van der Waals surface area (Å²) in [7, 11) is 0. The molecule has 5 heteroatoms. The van der Waals surface area contributed by atoms with E-state index in [-0.39, 0.29) is 5.56 Å². The van der Waals surface area contributed by atoms with Crippen LogP contribution in [0.5, 0.6) is 0 Å². The maximum absolute atomic E-state index is 11.5. The second kappa shape index (κ2) is 4.33. The lowest BCUT2D eigenvalue weighted by Gasteiger charge is -2.09. The molecule has 0 aliphatic heterocycles. The highest BCUT2D eigenvalue weighted by Crippen LogP contribution is 2.33. The quantitative estimate of drug-likeness (QED) is 0.352. The van der Waals surface area contributed by atoms with Crippen LogP contribution in [-0.2, 0) is 0 Å². The second-order valence-electron chi connectivity index (χ2n) is 5.45. The average molecular weight is 298 g/mol. The van der Waals surface area contributed by atoms with Crippen molar-refractivity contribution in [1.82, 2.24) is 20.2 Å². The van der Waals surface area contributed by atoms with Gasteiger partial charge in [-0.15, -0.1) is 0 Å². The predicted octanol–water partition coefficient (Wildman–Crippen LogP) is 3.17. The van der Waals surface area contributed by atoms with Gasteiger partial charge in [0.15, 0.2) is 5.65 Å². The minimum absolute atomic E-state index is 0.281. The zero-order chi connectivity index (χ0) is 15.4. The Kier molecular flexibility index (Phi) is 2.30. The monoisotopic (exact) mass is 298 g/mol. The van der Waals surface area contributed by atoms with Crippen molar-refractivity contribution < 1.29 is 0 Å². The van der Waals surface area contributed by atoms with Gasteiger partial charge in [-0.05, 0) is 10.8 Å². The first-order valence-electron chi connectivity index (χ1n) is 7.28. The fourth-order valence-electron chi connectivity index (χ4n) is 3.11. The molecular formula is C18H10N4O. The topological polar surface area (TPSA) is 71.5 Å². The number of hydrogen-bond acceptors (Lipinski definition) is 4. The standard InChI is InChI=1S/C18H10N4O/c23-15-9-14-18(22-21-15)20-17-13-8-4-2-6-11(13)10-5-1-3-7-12(10)16(17)19-14/h1-9H,(H,21,23). The van der Waals surface area contributed by atoms with Gasteiger partial charge in [-0.3, -0.25) is 4.79 Å². The zero-order valence-corrected chi connectivity index (χ0v) is 11.9. The minimum atomic E-state index is -0.281. The highest BCUT2D eigenvalue weighted by atomic mass is 16.1. The van der Waals surface area contributed by atoms with E-state index in [1.807, 2.05) is 36.4 Å². The molecule has 0 spiro atoms. The predicted molar refractivity (Wildman–Crippen MR) is 90.5 cm³/mol. The first kappa shape index (κ1) is 12.2. The Morgan fingerprint density at radius 1 is 0.739 bits per heavy atom. The normalized spacial score (nSPS) is 11.7. The summed E-state index contributed by atoms with van der Waals surface area (Å²) in [6.07, 6.45) is 0. The zero-order valence-electron chi connectivity index (χ0n) is 11.9. The number of H-pyrrole nitrogens is 1. The molecule has 2 aromatic heterocycles. The van der Waals surface area contributed by atoms with E-state index in [1.165, 1.54) is 6.07 Å². The summed E-state index contributed by atoms with van der Waals surface area (Å²) in [6.45, 7) is 0. The third-order valence-corrected chi connectivity index (χ3v) is 4.10. The first-order valence-corrected chi connectivity index (χ1v) is 7.28. The van der Waals surface area contributed by atoms with Crippen LogP contribution < -0.4 is 5.56 Å². The summed E-state index contributed by atoms with van der Waals surface area (Å²) in [5.74, 6) is 0. The van der Waals surface area contributed by atoms with Gasteiger partial charge in [0, 0.05) is 16.8 Å². The van der Waals surface area contributed by atoms with Crippen LogP contribution in [0.4, 0.5) is 0 Å². The summed E-state index contributed by atoms with van der Waals surface area (Å²) in [5.41, 5.74) is 2.25. The van der Waals surface area contributed by atoms with Gasteiger partial charge < -0.3 is 0 Å². The molecule has 0 aliphatic carbocycles. The molecule has 0 amide bonds. The van der Waals surface area contributed by atoms with Crippen LogP contribution in [0, 0.1) is 0 Å². The Balaban J connectivity index is 2.16. The molecule has 0 bridgehead atoms. The van der Waals surface area contributed by atoms with E-state index in [0.29, 0.717) is 11.2 Å². The van der Waals surface area contributed by atoms with Gasteiger partial charge in [0.1, 0.15) is 5.52 Å². The van der Waals surface area contributed by atoms with Crippen LogP contribution >= 0.6 is 0 Å². The Morgan fingerprint density at radius 2 is 1.30 bits per heavy atom. The molecule has 2 heterocycles. The number of rotatable bonds is 0. The number of nitrogens with one attached hydrogen (secondary N) is 1. The molecule has 0 atom stereocenters. The number of nitrogens with zero attached hydrogens (tertiary/aromatic N) is 3. The number of benzene rings is 3. The van der Waals surface area contributed by atoms with Gasteiger partial charge in [0.05, 0.1) is 11.0 Å². The van der Waals surface area contributed by atoms with Crippen LogP contribution in [0.15, 0.2) is 59.4 Å². The Labute approximate surface area is 129 Å². The summed E-state index contributed by atoms with van der Waals surface area (Å²) >= 11 is 0. The van der Waals surface area contributed by atoms with E-state index in [0.717, 1.165) is 32.6 Å². The SMILES string of the molecule is O=c1cc2nc3c4ccccc4c4ccccc4c3nc2n[nH]1. The van der Waals surface area contributed by atoms with E-state index < -0.39 is 0 Å². The summed E-state index contributed by atoms with van der Waals surface area (Å²) < 4.78 is 0. The molecule has 3 aromatic carbocycles. The molecule has 0 unspecified atom stereocenters. The molecule has 0 radical (unpaired) electrons. The molecule has 23 heavy (non-hydrogen) atoms. The van der Waals surface area contributed by atoms with E-state index in [2.05, 4.69) is 32.3 Å². The molecule has 0 saturated carbocycles. The summed E-state index contributed by atoms with van der Waals surface area (Å²) in [4.78, 5) is 20.8. The lowest BCUT2D eigenvalue weighted by Crippen LogP contribution is -2.07. The maximum Gasteiger partial charge on any atom is 0.266 e. The Morgan fingerprint density at radius 3 is 1.96 bits per heavy atom. The lowest BCUT2D eigenvalue weighted by atomic mass is 9.99. The van der Waals surface area contributed by atoms with Crippen molar-refractivity contribution in [3.8, 4) is 0 Å². The van der Waals surface area contributed by atoms with E-state index in [4.69, 9.17) is 0 Å². The van der Waals surface area contributed by atoms with Crippen LogP contribution in [0.25, 0.3) is 43.7 Å². The van der Waals surface area contributed by atoms with Gasteiger partial charge in [0.25, 0.3) is 5.56 Å². The highest BCUT2D eigenvalue weighted by molar-refractivity contribution is 6.23. The van der Waals surface area contributed by atoms with Gasteiger partial charge in [-0.1, -0.05) is 48.5 Å². The van der Waals surface area contributed by atoms with Crippen molar-refractivity contribution in [2.75, 3.05) is 0 Å². The van der Waals surface area contributed by atoms with Crippen molar-refractivity contribution in [1.29, 1.82) is 0 Å². The summed E-state index contributed by atoms with van der Waals surface area (Å²) in [6, 6.07) is 17.7. The fraction of sp³-hybridized carbons (Fsp3) is 0. The van der Waals surface area contributed by atoms with E-state index in [9.17, 15) is 4.79 Å². The van der Waals surface area contributed by atoms with Crippen molar-refractivity contribution in [3.63, 3.8) is 0 Å². The number of fused-ring (bicyclic) bond motifs is 7. The molecule has 5 aromatic rings. The molecule has 1 N–H and O–H groups in total. The molecule has 0 fully saturated rings. The van der Waals surface area contributed by atoms with Crippen LogP contribution in [0.1, 0.15) is 0 Å². The van der Waals surface area contributed by atoms with E-state index in [1.54, 1.807) is 0 Å². The van der Waals surface area contributed by atoms with Crippen molar-refractivity contribution in [2.45, 2.75) is 0 Å². The van der Waals surface area contributed by atoms with Crippen molar-refractivity contribution in [2.24, 2.45) is 0 Å². The largest absolute Gasteiger partial charge is 0.268 e. The molecular weight excluding hydrogens is 288 g/mol.